The van der Waals surface area contributed by atoms with Crippen LogP contribution in [-0.4, -0.2) is 81.7 Å². The molecule has 328 valence electrons. The van der Waals surface area contributed by atoms with Gasteiger partial charge in [0.15, 0.2) is 6.10 Å². The second-order valence-corrected chi connectivity index (χ2v) is 16.8. The molecule has 57 heavy (non-hydrogen) atoms. The number of allylic oxidation sites excluding steroid dienone is 12. The molecule has 11 heteroatoms. The standard InChI is InChI=1S/C46H80NO9P/c1-5-6-7-8-9-10-11-12-16-19-22-25-28-31-34-37-45(49)53-42-44(43-55-57(51,52)54-41-39-47(2,3)4)56-46(50)38-35-32-29-26-23-20-17-14-13-15-18-21-24-27-30-33-36-40-48/h9-10,12-13,15-17,20-21,24,26,29,44,48H,5-8,11,14,18-19,22-23,25,27-28,30-43H2,1-4H3/b10-9-,15-13-,16-12-,20-17-,24-21-,29-26-/t44-/m1/s1. The molecule has 0 aliphatic rings. The summed E-state index contributed by atoms with van der Waals surface area (Å²) in [5.41, 5.74) is 0. The first kappa shape index (κ1) is 54.4. The Bertz CT molecular complexity index is 1200. The largest absolute Gasteiger partial charge is 0.756 e. The van der Waals surface area contributed by atoms with E-state index in [2.05, 4.69) is 73.8 Å². The topological polar surface area (TPSA) is 131 Å². The van der Waals surface area contributed by atoms with Crippen LogP contribution in [0, 0.1) is 0 Å². The third-order valence-electron chi connectivity index (χ3n) is 8.75. The number of quaternary nitrogens is 1. The highest BCUT2D eigenvalue weighted by Crippen LogP contribution is 2.38. The third-order valence-corrected chi connectivity index (χ3v) is 9.72. The lowest BCUT2D eigenvalue weighted by Gasteiger charge is -2.28. The van der Waals surface area contributed by atoms with E-state index >= 15 is 0 Å². The van der Waals surface area contributed by atoms with Crippen molar-refractivity contribution in [3.8, 4) is 0 Å². The number of likely N-dealkylation sites (N-methyl/N-ethyl adjacent to an activating group) is 1. The first-order chi connectivity index (χ1) is 27.5. The summed E-state index contributed by atoms with van der Waals surface area (Å²) in [4.78, 5) is 37.5. The van der Waals surface area contributed by atoms with Gasteiger partial charge in [0.1, 0.15) is 19.8 Å². The van der Waals surface area contributed by atoms with E-state index in [-0.39, 0.29) is 32.7 Å². The molecule has 10 nitrogen and oxygen atoms in total. The average molecular weight is 822 g/mol. The summed E-state index contributed by atoms with van der Waals surface area (Å²) >= 11 is 0. The fourth-order valence-electron chi connectivity index (χ4n) is 5.30. The van der Waals surface area contributed by atoms with Gasteiger partial charge in [-0.05, 0) is 89.9 Å². The number of carbonyl (C=O) groups excluding carboxylic acids is 2. The van der Waals surface area contributed by atoms with Crippen LogP contribution in [0.15, 0.2) is 72.9 Å². The molecule has 0 saturated carbocycles. The van der Waals surface area contributed by atoms with Crippen molar-refractivity contribution in [2.75, 3.05) is 54.1 Å². The summed E-state index contributed by atoms with van der Waals surface area (Å²) in [5.74, 6) is -0.938. The van der Waals surface area contributed by atoms with Crippen molar-refractivity contribution in [2.24, 2.45) is 0 Å². The zero-order valence-corrected chi connectivity index (χ0v) is 37.1. The first-order valence-electron chi connectivity index (χ1n) is 21.8. The van der Waals surface area contributed by atoms with Gasteiger partial charge in [0, 0.05) is 19.4 Å². The van der Waals surface area contributed by atoms with Gasteiger partial charge in [0.25, 0.3) is 7.82 Å². The Balaban J connectivity index is 4.50. The number of phosphoric ester groups is 1. The van der Waals surface area contributed by atoms with Gasteiger partial charge in [-0.25, -0.2) is 0 Å². The fraction of sp³-hybridized carbons (Fsp3) is 0.696. The lowest BCUT2D eigenvalue weighted by atomic mass is 10.1. The summed E-state index contributed by atoms with van der Waals surface area (Å²) in [7, 11) is 1.09. The number of rotatable bonds is 39. The normalized spacial score (nSPS) is 14.3. The summed E-state index contributed by atoms with van der Waals surface area (Å²) in [6.07, 6.45) is 45.2. The van der Waals surface area contributed by atoms with Crippen LogP contribution >= 0.6 is 7.82 Å². The SMILES string of the molecule is CCCCC/C=C\C/C=C\CCCCCCCC(=O)OC[C@H](COP(=O)([O-])OCC[N+](C)(C)C)OC(=O)CCC/C=C\C/C=C\C/C=C\C/C=C\CCCCCO. The molecule has 0 heterocycles. The molecule has 0 bridgehead atoms. The van der Waals surface area contributed by atoms with Crippen molar-refractivity contribution in [1.82, 2.24) is 0 Å². The molecule has 0 aromatic rings. The highest BCUT2D eigenvalue weighted by Gasteiger charge is 2.21. The number of carbonyl (C=O) groups is 2. The van der Waals surface area contributed by atoms with E-state index in [1.54, 1.807) is 0 Å². The Labute approximate surface area is 347 Å². The molecule has 0 rings (SSSR count). The van der Waals surface area contributed by atoms with Gasteiger partial charge in [-0.3, -0.25) is 14.2 Å². The second kappa shape index (κ2) is 38.9. The molecule has 0 radical (unpaired) electrons. The highest BCUT2D eigenvalue weighted by atomic mass is 31.2. The monoisotopic (exact) mass is 822 g/mol. The Hall–Kier alpha value is -2.59. The Morgan fingerprint density at radius 2 is 1.05 bits per heavy atom. The van der Waals surface area contributed by atoms with Gasteiger partial charge in [0.05, 0.1) is 27.7 Å². The van der Waals surface area contributed by atoms with Crippen LogP contribution < -0.4 is 4.89 Å². The minimum atomic E-state index is -4.65. The minimum absolute atomic E-state index is 0.0519. The Morgan fingerprint density at radius 1 is 0.596 bits per heavy atom. The summed E-state index contributed by atoms with van der Waals surface area (Å²) in [6.45, 7) is 2.10. The summed E-state index contributed by atoms with van der Waals surface area (Å²) in [6, 6.07) is 0. The van der Waals surface area contributed by atoms with E-state index < -0.39 is 32.5 Å². The van der Waals surface area contributed by atoms with Crippen LogP contribution in [0.5, 0.6) is 0 Å². The van der Waals surface area contributed by atoms with Crippen LogP contribution in [0.25, 0.3) is 0 Å². The predicted molar refractivity (Wildman–Crippen MR) is 232 cm³/mol. The van der Waals surface area contributed by atoms with E-state index in [1.807, 2.05) is 27.2 Å². The Morgan fingerprint density at radius 3 is 1.58 bits per heavy atom. The molecule has 0 spiro atoms. The number of aliphatic hydroxyl groups excluding tert-OH is 1. The molecule has 0 fully saturated rings. The fourth-order valence-corrected chi connectivity index (χ4v) is 6.03. The molecular formula is C46H80NO9P. The van der Waals surface area contributed by atoms with E-state index in [0.29, 0.717) is 30.3 Å². The van der Waals surface area contributed by atoms with Gasteiger partial charge in [-0.2, -0.15) is 0 Å². The van der Waals surface area contributed by atoms with Crippen LogP contribution in [0.3, 0.4) is 0 Å². The number of nitrogens with zero attached hydrogens (tertiary/aromatic N) is 1. The van der Waals surface area contributed by atoms with E-state index in [0.717, 1.165) is 83.5 Å². The number of ether oxygens (including phenoxy) is 2. The maximum atomic E-state index is 12.6. The predicted octanol–water partition coefficient (Wildman–Crippen LogP) is 10.6. The molecule has 0 aromatic heterocycles. The molecule has 0 aliphatic heterocycles. The molecule has 0 amide bonds. The van der Waals surface area contributed by atoms with Crippen molar-refractivity contribution >= 4 is 19.8 Å². The molecule has 0 saturated heterocycles. The zero-order valence-electron chi connectivity index (χ0n) is 36.2. The first-order valence-corrected chi connectivity index (χ1v) is 23.2. The molecule has 0 aliphatic carbocycles. The minimum Gasteiger partial charge on any atom is -0.756 e. The zero-order chi connectivity index (χ0) is 42.1. The Kier molecular flexibility index (Phi) is 37.1. The van der Waals surface area contributed by atoms with Crippen LogP contribution in [0.4, 0.5) is 0 Å². The molecule has 2 atom stereocenters. The van der Waals surface area contributed by atoms with Crippen molar-refractivity contribution in [3.05, 3.63) is 72.9 Å². The van der Waals surface area contributed by atoms with Gasteiger partial charge >= 0.3 is 11.9 Å². The maximum Gasteiger partial charge on any atom is 0.306 e. The molecular weight excluding hydrogens is 741 g/mol. The van der Waals surface area contributed by atoms with Crippen molar-refractivity contribution < 1.29 is 47.2 Å². The number of phosphoric acid groups is 1. The lowest BCUT2D eigenvalue weighted by molar-refractivity contribution is -0.870. The van der Waals surface area contributed by atoms with Crippen LogP contribution in [0.2, 0.25) is 0 Å². The van der Waals surface area contributed by atoms with E-state index in [1.165, 1.54) is 25.7 Å². The van der Waals surface area contributed by atoms with Crippen molar-refractivity contribution in [2.45, 2.75) is 154 Å². The van der Waals surface area contributed by atoms with Gasteiger partial charge in [-0.1, -0.05) is 118 Å². The third kappa shape index (κ3) is 42.8. The van der Waals surface area contributed by atoms with Crippen LogP contribution in [0.1, 0.15) is 148 Å². The maximum absolute atomic E-state index is 12.6. The second-order valence-electron chi connectivity index (χ2n) is 15.4. The summed E-state index contributed by atoms with van der Waals surface area (Å²) < 4.78 is 33.8. The molecule has 0 aromatic carbocycles. The number of hydrogen-bond acceptors (Lipinski definition) is 9. The van der Waals surface area contributed by atoms with E-state index in [4.69, 9.17) is 23.6 Å². The molecule has 1 N–H and O–H groups in total. The van der Waals surface area contributed by atoms with Gasteiger partial charge in [0.2, 0.25) is 0 Å². The van der Waals surface area contributed by atoms with Crippen molar-refractivity contribution in [3.63, 3.8) is 0 Å². The highest BCUT2D eigenvalue weighted by molar-refractivity contribution is 7.45. The van der Waals surface area contributed by atoms with E-state index in [9.17, 15) is 19.0 Å². The van der Waals surface area contributed by atoms with Crippen LogP contribution in [-0.2, 0) is 32.7 Å². The number of esters is 2. The molecule has 1 unspecified atom stereocenters. The number of aliphatic hydroxyl groups is 1. The summed E-state index contributed by atoms with van der Waals surface area (Å²) in [5, 5.41) is 8.80. The van der Waals surface area contributed by atoms with Gasteiger partial charge in [-0.15, -0.1) is 0 Å². The number of unbranched alkanes of at least 4 members (excludes halogenated alkanes) is 12. The quantitative estimate of drug-likeness (QED) is 0.0212. The average Bonchev–Trinajstić information content (AvgIpc) is 3.16. The number of hydrogen-bond donors (Lipinski definition) is 1. The smallest absolute Gasteiger partial charge is 0.306 e. The lowest BCUT2D eigenvalue weighted by Crippen LogP contribution is -2.37. The van der Waals surface area contributed by atoms with Crippen molar-refractivity contribution in [1.29, 1.82) is 0 Å². The van der Waals surface area contributed by atoms with Gasteiger partial charge < -0.3 is 33.0 Å².